The van der Waals surface area contributed by atoms with Crippen molar-refractivity contribution < 1.29 is 0 Å². The molecule has 4 heteroatoms. The topological polar surface area (TPSA) is 43.1 Å². The fourth-order valence-corrected chi connectivity index (χ4v) is 2.27. The Kier molecular flexibility index (Phi) is 2.82. The largest absolute Gasteiger partial charge is 0.252 e. The van der Waals surface area contributed by atoms with Gasteiger partial charge >= 0.3 is 0 Å². The molecule has 0 aliphatic carbocycles. The van der Waals surface area contributed by atoms with E-state index in [1.54, 1.807) is 4.52 Å². The van der Waals surface area contributed by atoms with Crippen LogP contribution in [0.1, 0.15) is 32.0 Å². The first-order chi connectivity index (χ1) is 9.45. The minimum Gasteiger partial charge on any atom is -0.216 e. The standard InChI is InChI=1S/C16H18N4/c1-11-14(9-20-15(19-11)17-10-18-20)12-5-7-13(8-6-12)16(2,3)4/h5-10H,1-4H3. The molecule has 0 aliphatic rings. The second kappa shape index (κ2) is 4.40. The average Bonchev–Trinajstić information content (AvgIpc) is 2.84. The highest BCUT2D eigenvalue weighted by atomic mass is 15.3. The minimum atomic E-state index is 0.168. The highest BCUT2D eigenvalue weighted by Gasteiger charge is 2.14. The van der Waals surface area contributed by atoms with Crippen LogP contribution in [0.3, 0.4) is 0 Å². The predicted molar refractivity (Wildman–Crippen MR) is 79.7 cm³/mol. The Hall–Kier alpha value is -2.23. The van der Waals surface area contributed by atoms with Gasteiger partial charge in [-0.1, -0.05) is 45.0 Å². The monoisotopic (exact) mass is 266 g/mol. The molecule has 3 rings (SSSR count). The number of aryl methyl sites for hydroxylation is 1. The van der Waals surface area contributed by atoms with Crippen molar-refractivity contribution in [3.05, 3.63) is 48.0 Å². The fraction of sp³-hybridized carbons (Fsp3) is 0.312. The Bertz CT molecular complexity index is 748. The lowest BCUT2D eigenvalue weighted by molar-refractivity contribution is 0.590. The summed E-state index contributed by atoms with van der Waals surface area (Å²) in [5, 5.41) is 4.15. The molecule has 0 atom stereocenters. The fourth-order valence-electron chi connectivity index (χ4n) is 2.27. The maximum Gasteiger partial charge on any atom is 0.252 e. The minimum absolute atomic E-state index is 0.168. The van der Waals surface area contributed by atoms with Crippen LogP contribution in [0, 0.1) is 6.92 Å². The highest BCUT2D eigenvalue weighted by molar-refractivity contribution is 5.66. The number of benzene rings is 1. The molecule has 1 aromatic carbocycles. The third-order valence-corrected chi connectivity index (χ3v) is 3.52. The zero-order valence-corrected chi connectivity index (χ0v) is 12.3. The van der Waals surface area contributed by atoms with Gasteiger partial charge in [0.05, 0.1) is 5.69 Å². The molecule has 0 N–H and O–H groups in total. The molecule has 0 unspecified atom stereocenters. The van der Waals surface area contributed by atoms with Crippen LogP contribution < -0.4 is 0 Å². The molecular weight excluding hydrogens is 248 g/mol. The molecule has 20 heavy (non-hydrogen) atoms. The second-order valence-electron chi connectivity index (χ2n) is 6.07. The molecule has 0 saturated heterocycles. The quantitative estimate of drug-likeness (QED) is 0.678. The van der Waals surface area contributed by atoms with E-state index in [0.29, 0.717) is 5.78 Å². The summed E-state index contributed by atoms with van der Waals surface area (Å²) < 4.78 is 1.71. The van der Waals surface area contributed by atoms with Crippen LogP contribution in [0.25, 0.3) is 16.9 Å². The van der Waals surface area contributed by atoms with Crippen molar-refractivity contribution in [2.45, 2.75) is 33.1 Å². The lowest BCUT2D eigenvalue weighted by atomic mass is 9.86. The van der Waals surface area contributed by atoms with Gasteiger partial charge in [-0.05, 0) is 23.5 Å². The predicted octanol–water partition coefficient (Wildman–Crippen LogP) is 3.40. The van der Waals surface area contributed by atoms with E-state index in [4.69, 9.17) is 0 Å². The number of nitrogens with zero attached hydrogens (tertiary/aromatic N) is 4. The molecule has 0 saturated carbocycles. The molecule has 0 spiro atoms. The average molecular weight is 266 g/mol. The van der Waals surface area contributed by atoms with Gasteiger partial charge < -0.3 is 0 Å². The van der Waals surface area contributed by atoms with E-state index < -0.39 is 0 Å². The van der Waals surface area contributed by atoms with Crippen LogP contribution in [-0.4, -0.2) is 19.6 Å². The van der Waals surface area contributed by atoms with E-state index in [9.17, 15) is 0 Å². The van der Waals surface area contributed by atoms with Crippen LogP contribution >= 0.6 is 0 Å². The number of aromatic nitrogens is 4. The number of hydrogen-bond donors (Lipinski definition) is 0. The molecule has 102 valence electrons. The molecule has 3 aromatic rings. The van der Waals surface area contributed by atoms with Crippen molar-refractivity contribution >= 4 is 5.78 Å². The summed E-state index contributed by atoms with van der Waals surface area (Å²) in [4.78, 5) is 8.57. The van der Waals surface area contributed by atoms with Gasteiger partial charge in [-0.2, -0.15) is 10.1 Å². The van der Waals surface area contributed by atoms with Crippen molar-refractivity contribution in [1.29, 1.82) is 0 Å². The lowest BCUT2D eigenvalue weighted by Crippen LogP contribution is -2.10. The molecule has 0 aliphatic heterocycles. The molecule has 0 fully saturated rings. The van der Waals surface area contributed by atoms with E-state index in [1.165, 1.54) is 11.9 Å². The van der Waals surface area contributed by atoms with Gasteiger partial charge in [0.1, 0.15) is 6.33 Å². The third-order valence-electron chi connectivity index (χ3n) is 3.52. The van der Waals surface area contributed by atoms with Crippen LogP contribution in [-0.2, 0) is 5.41 Å². The number of hydrogen-bond acceptors (Lipinski definition) is 3. The Balaban J connectivity index is 2.08. The Morgan fingerprint density at radius 3 is 2.40 bits per heavy atom. The molecule has 0 amide bonds. The van der Waals surface area contributed by atoms with Crippen LogP contribution in [0.4, 0.5) is 0 Å². The first-order valence-electron chi connectivity index (χ1n) is 6.73. The molecular formula is C16H18N4. The van der Waals surface area contributed by atoms with Gasteiger partial charge in [-0.25, -0.2) is 9.50 Å². The van der Waals surface area contributed by atoms with E-state index in [0.717, 1.165) is 16.8 Å². The van der Waals surface area contributed by atoms with Crippen LogP contribution in [0.15, 0.2) is 36.8 Å². The van der Waals surface area contributed by atoms with Gasteiger partial charge in [0.15, 0.2) is 0 Å². The maximum atomic E-state index is 4.47. The third kappa shape index (κ3) is 2.18. The van der Waals surface area contributed by atoms with Crippen LogP contribution in [0.2, 0.25) is 0 Å². The summed E-state index contributed by atoms with van der Waals surface area (Å²) >= 11 is 0. The smallest absolute Gasteiger partial charge is 0.216 e. The zero-order chi connectivity index (χ0) is 14.3. The molecule has 2 aromatic heterocycles. The second-order valence-corrected chi connectivity index (χ2v) is 6.07. The normalized spacial score (nSPS) is 12.0. The summed E-state index contributed by atoms with van der Waals surface area (Å²) in [5.41, 5.74) is 4.70. The molecule has 0 bridgehead atoms. The lowest BCUT2D eigenvalue weighted by Gasteiger charge is -2.19. The van der Waals surface area contributed by atoms with E-state index in [2.05, 4.69) is 60.1 Å². The van der Waals surface area contributed by atoms with Crippen molar-refractivity contribution in [3.63, 3.8) is 0 Å². The Morgan fingerprint density at radius 1 is 1.05 bits per heavy atom. The summed E-state index contributed by atoms with van der Waals surface area (Å²) in [6.07, 6.45) is 3.50. The van der Waals surface area contributed by atoms with Crippen molar-refractivity contribution in [2.24, 2.45) is 0 Å². The number of fused-ring (bicyclic) bond motifs is 1. The molecule has 2 heterocycles. The van der Waals surface area contributed by atoms with E-state index in [-0.39, 0.29) is 5.41 Å². The highest BCUT2D eigenvalue weighted by Crippen LogP contribution is 2.27. The first-order valence-corrected chi connectivity index (χ1v) is 6.73. The Morgan fingerprint density at radius 2 is 1.75 bits per heavy atom. The van der Waals surface area contributed by atoms with Crippen molar-refractivity contribution in [3.8, 4) is 11.1 Å². The van der Waals surface area contributed by atoms with E-state index in [1.807, 2.05) is 13.1 Å². The van der Waals surface area contributed by atoms with E-state index >= 15 is 0 Å². The summed E-state index contributed by atoms with van der Waals surface area (Å²) in [6, 6.07) is 8.65. The first kappa shape index (κ1) is 12.8. The van der Waals surface area contributed by atoms with Gasteiger partial charge in [0.25, 0.3) is 5.78 Å². The van der Waals surface area contributed by atoms with Gasteiger partial charge in [0, 0.05) is 11.8 Å². The van der Waals surface area contributed by atoms with Crippen LogP contribution in [0.5, 0.6) is 0 Å². The summed E-state index contributed by atoms with van der Waals surface area (Å²) in [7, 11) is 0. The zero-order valence-electron chi connectivity index (χ0n) is 12.3. The SMILES string of the molecule is Cc1nc2ncnn2cc1-c1ccc(C(C)(C)C)cc1. The summed E-state index contributed by atoms with van der Waals surface area (Å²) in [5.74, 6) is 0.637. The Labute approximate surface area is 118 Å². The van der Waals surface area contributed by atoms with Crippen molar-refractivity contribution in [1.82, 2.24) is 19.6 Å². The maximum absolute atomic E-state index is 4.47. The van der Waals surface area contributed by atoms with Gasteiger partial charge in [0.2, 0.25) is 0 Å². The summed E-state index contributed by atoms with van der Waals surface area (Å²) in [6.45, 7) is 8.66. The van der Waals surface area contributed by atoms with Gasteiger partial charge in [-0.3, -0.25) is 0 Å². The number of rotatable bonds is 1. The molecule has 4 nitrogen and oxygen atoms in total. The van der Waals surface area contributed by atoms with Gasteiger partial charge in [-0.15, -0.1) is 0 Å². The molecule has 0 radical (unpaired) electrons. The van der Waals surface area contributed by atoms with Crippen molar-refractivity contribution in [2.75, 3.05) is 0 Å².